The first kappa shape index (κ1) is 18.6. The largest absolute Gasteiger partial charge is 0.322 e. The molecule has 0 saturated carbocycles. The number of benzene rings is 2. The molecule has 2 aromatic carbocycles. The van der Waals surface area contributed by atoms with E-state index < -0.39 is 0 Å². The van der Waals surface area contributed by atoms with Crippen molar-refractivity contribution in [1.82, 2.24) is 0 Å². The minimum absolute atomic E-state index is 0.259. The van der Waals surface area contributed by atoms with Gasteiger partial charge in [-0.15, -0.1) is 0 Å². The maximum Gasteiger partial charge on any atom is 0.108 e. The Hall–Kier alpha value is -2.22. The van der Waals surface area contributed by atoms with Crippen LogP contribution in [0.25, 0.3) is 0 Å². The fourth-order valence-electron chi connectivity index (χ4n) is 4.84. The third-order valence-electron chi connectivity index (χ3n) is 5.75. The van der Waals surface area contributed by atoms with Crippen molar-refractivity contribution < 1.29 is 0 Å². The molecule has 0 bridgehead atoms. The van der Waals surface area contributed by atoms with Crippen molar-refractivity contribution in [3.63, 3.8) is 0 Å². The highest BCUT2D eigenvalue weighted by Gasteiger charge is 2.35. The Balaban J connectivity index is 2.16. The molecule has 1 aliphatic heterocycles. The van der Waals surface area contributed by atoms with Gasteiger partial charge in [-0.25, -0.2) is 0 Å². The van der Waals surface area contributed by atoms with Gasteiger partial charge in [0.25, 0.3) is 0 Å². The molecule has 2 heteroatoms. The lowest BCUT2D eigenvalue weighted by Gasteiger charge is -2.35. The molecule has 0 atom stereocenters. The number of aryl methyl sites for hydroxylation is 6. The van der Waals surface area contributed by atoms with Crippen LogP contribution in [0.3, 0.4) is 0 Å². The van der Waals surface area contributed by atoms with E-state index in [0.717, 1.165) is 0 Å². The van der Waals surface area contributed by atoms with E-state index in [1.807, 2.05) is 0 Å². The summed E-state index contributed by atoms with van der Waals surface area (Å²) in [7, 11) is 0. The number of anilines is 2. The summed E-state index contributed by atoms with van der Waals surface area (Å²) >= 11 is 0. The molecule has 26 heavy (non-hydrogen) atoms. The number of nitrogens with zero attached hydrogens (tertiary/aromatic N) is 2. The summed E-state index contributed by atoms with van der Waals surface area (Å²) < 4.78 is 0. The zero-order valence-corrected chi connectivity index (χ0v) is 17.8. The molecule has 0 spiro atoms. The topological polar surface area (TPSA) is 6.48 Å². The average Bonchev–Trinajstić information content (AvgIpc) is 2.71. The quantitative estimate of drug-likeness (QED) is 0.614. The Morgan fingerprint density at radius 3 is 1.08 bits per heavy atom. The lowest BCUT2D eigenvalue weighted by atomic mass is 10.0. The van der Waals surface area contributed by atoms with Crippen LogP contribution >= 0.6 is 0 Å². The lowest BCUT2D eigenvalue weighted by molar-refractivity contribution is 0.722. The molecule has 1 aliphatic rings. The molecule has 0 saturated heterocycles. The van der Waals surface area contributed by atoms with E-state index in [9.17, 15) is 0 Å². The molecule has 1 heterocycles. The minimum atomic E-state index is 0.259. The molecule has 0 aromatic heterocycles. The fourth-order valence-corrected chi connectivity index (χ4v) is 4.84. The lowest BCUT2D eigenvalue weighted by Crippen LogP contribution is -2.39. The summed E-state index contributed by atoms with van der Waals surface area (Å²) in [6, 6.07) is 9.18. The standard InChI is InChI=1S/C24H32N2/c1-14-10-16(3)23(17(4)11-14)25-20(7)21(8)26(22(25)9)24-18(5)12-15(2)13-19(24)6/h10-13,22H,1-9H3. The highest BCUT2D eigenvalue weighted by molar-refractivity contribution is 5.73. The molecular formula is C24H32N2. The monoisotopic (exact) mass is 348 g/mol. The fraction of sp³-hybridized carbons (Fsp3) is 0.417. The summed E-state index contributed by atoms with van der Waals surface area (Å²) in [5.74, 6) is 0. The van der Waals surface area contributed by atoms with Gasteiger partial charge in [0.05, 0.1) is 0 Å². The van der Waals surface area contributed by atoms with Crippen LogP contribution in [0.5, 0.6) is 0 Å². The van der Waals surface area contributed by atoms with E-state index in [4.69, 9.17) is 0 Å². The predicted molar refractivity (Wildman–Crippen MR) is 114 cm³/mol. The van der Waals surface area contributed by atoms with E-state index in [1.54, 1.807) is 0 Å². The Bertz CT molecular complexity index is 785. The van der Waals surface area contributed by atoms with Crippen LogP contribution in [-0.4, -0.2) is 6.17 Å². The predicted octanol–water partition coefficient (Wildman–Crippen LogP) is 6.46. The molecule has 0 amide bonds. The Morgan fingerprint density at radius 1 is 0.538 bits per heavy atom. The second-order valence-corrected chi connectivity index (χ2v) is 8.04. The normalized spacial score (nSPS) is 15.4. The highest BCUT2D eigenvalue weighted by atomic mass is 15.4. The van der Waals surface area contributed by atoms with Gasteiger partial charge in [0.1, 0.15) is 6.17 Å². The number of hydrogen-bond acceptors (Lipinski definition) is 2. The molecule has 0 N–H and O–H groups in total. The molecule has 2 nitrogen and oxygen atoms in total. The van der Waals surface area contributed by atoms with E-state index >= 15 is 0 Å². The van der Waals surface area contributed by atoms with Crippen molar-refractivity contribution in [1.29, 1.82) is 0 Å². The van der Waals surface area contributed by atoms with Crippen molar-refractivity contribution >= 4 is 11.4 Å². The number of allylic oxidation sites excluding steroid dienone is 2. The molecule has 0 fully saturated rings. The van der Waals surface area contributed by atoms with Gasteiger partial charge in [0.15, 0.2) is 0 Å². The molecule has 0 radical (unpaired) electrons. The Morgan fingerprint density at radius 2 is 0.808 bits per heavy atom. The van der Waals surface area contributed by atoms with Crippen LogP contribution in [0.15, 0.2) is 35.7 Å². The average molecular weight is 349 g/mol. The smallest absolute Gasteiger partial charge is 0.108 e. The zero-order chi connectivity index (χ0) is 19.3. The van der Waals surface area contributed by atoms with Crippen molar-refractivity contribution in [2.24, 2.45) is 0 Å². The molecule has 138 valence electrons. The van der Waals surface area contributed by atoms with Crippen LogP contribution in [0.4, 0.5) is 11.4 Å². The van der Waals surface area contributed by atoms with Gasteiger partial charge in [0, 0.05) is 22.8 Å². The van der Waals surface area contributed by atoms with E-state index in [2.05, 4.69) is 96.4 Å². The van der Waals surface area contributed by atoms with Crippen molar-refractivity contribution in [3.8, 4) is 0 Å². The second kappa shape index (κ2) is 6.50. The first-order valence-corrected chi connectivity index (χ1v) is 9.55. The zero-order valence-electron chi connectivity index (χ0n) is 17.8. The van der Waals surface area contributed by atoms with E-state index in [-0.39, 0.29) is 6.17 Å². The molecule has 2 aromatic rings. The van der Waals surface area contributed by atoms with Crippen molar-refractivity contribution in [2.75, 3.05) is 9.80 Å². The molecule has 0 unspecified atom stereocenters. The van der Waals surface area contributed by atoms with Crippen LogP contribution in [0.2, 0.25) is 0 Å². The van der Waals surface area contributed by atoms with Gasteiger partial charge in [-0.3, -0.25) is 0 Å². The summed E-state index contributed by atoms with van der Waals surface area (Å²) in [6.45, 7) is 20.1. The highest BCUT2D eigenvalue weighted by Crippen LogP contribution is 2.42. The molecule has 0 aliphatic carbocycles. The minimum Gasteiger partial charge on any atom is -0.322 e. The van der Waals surface area contributed by atoms with Crippen LogP contribution in [-0.2, 0) is 0 Å². The van der Waals surface area contributed by atoms with Gasteiger partial charge in [-0.2, -0.15) is 0 Å². The number of hydrogen-bond donors (Lipinski definition) is 0. The van der Waals surface area contributed by atoms with Crippen LogP contribution in [0, 0.1) is 41.5 Å². The Labute approximate surface area is 159 Å². The summed E-state index contributed by atoms with van der Waals surface area (Å²) in [5.41, 5.74) is 13.4. The van der Waals surface area contributed by atoms with Gasteiger partial charge < -0.3 is 9.80 Å². The SMILES string of the molecule is CC1=C(C)N(c2c(C)cc(C)cc2C)C(C)N1c1c(C)cc(C)cc1C. The van der Waals surface area contributed by atoms with Crippen molar-refractivity contribution in [2.45, 2.75) is 68.5 Å². The summed E-state index contributed by atoms with van der Waals surface area (Å²) in [5, 5.41) is 0. The van der Waals surface area contributed by atoms with Crippen LogP contribution < -0.4 is 9.80 Å². The second-order valence-electron chi connectivity index (χ2n) is 8.04. The molecular weight excluding hydrogens is 316 g/mol. The maximum absolute atomic E-state index is 2.51. The van der Waals surface area contributed by atoms with E-state index in [0.29, 0.717) is 0 Å². The third-order valence-corrected chi connectivity index (χ3v) is 5.75. The maximum atomic E-state index is 2.51. The van der Waals surface area contributed by atoms with E-state index in [1.165, 1.54) is 56.1 Å². The third kappa shape index (κ3) is 2.82. The van der Waals surface area contributed by atoms with Gasteiger partial charge in [0.2, 0.25) is 0 Å². The molecule has 3 rings (SSSR count). The first-order chi connectivity index (χ1) is 12.1. The Kier molecular flexibility index (Phi) is 4.64. The summed E-state index contributed by atoms with van der Waals surface area (Å²) in [6.07, 6.45) is 0.259. The van der Waals surface area contributed by atoms with Gasteiger partial charge in [-0.1, -0.05) is 35.4 Å². The number of rotatable bonds is 2. The van der Waals surface area contributed by atoms with Crippen molar-refractivity contribution in [3.05, 3.63) is 69.0 Å². The van der Waals surface area contributed by atoms with Gasteiger partial charge >= 0.3 is 0 Å². The summed E-state index contributed by atoms with van der Waals surface area (Å²) in [4.78, 5) is 5.02. The first-order valence-electron chi connectivity index (χ1n) is 9.55. The van der Waals surface area contributed by atoms with Crippen LogP contribution in [0.1, 0.15) is 54.2 Å². The van der Waals surface area contributed by atoms with Gasteiger partial charge in [-0.05, 0) is 84.6 Å².